The lowest BCUT2D eigenvalue weighted by Gasteiger charge is -2.17. The van der Waals surface area contributed by atoms with Gasteiger partial charge in [-0.3, -0.25) is 4.79 Å². The van der Waals surface area contributed by atoms with E-state index in [1.54, 1.807) is 29.1 Å². The second-order valence-corrected chi connectivity index (χ2v) is 8.06. The van der Waals surface area contributed by atoms with Gasteiger partial charge < -0.3 is 15.3 Å². The number of carboxylic acids is 1. The quantitative estimate of drug-likeness (QED) is 0.464. The van der Waals surface area contributed by atoms with E-state index in [0.717, 1.165) is 33.4 Å². The summed E-state index contributed by atoms with van der Waals surface area (Å²) in [7, 11) is 0. The molecular formula is C24H28FN3O4. The highest BCUT2D eigenvalue weighted by Gasteiger charge is 2.20. The molecule has 0 radical (unpaired) electrons. The molecule has 0 saturated heterocycles. The van der Waals surface area contributed by atoms with E-state index in [2.05, 4.69) is 5.10 Å². The van der Waals surface area contributed by atoms with Crippen molar-refractivity contribution in [3.63, 3.8) is 0 Å². The van der Waals surface area contributed by atoms with E-state index in [4.69, 9.17) is 10.1 Å². The fourth-order valence-corrected chi connectivity index (χ4v) is 3.74. The van der Waals surface area contributed by atoms with Crippen molar-refractivity contribution in [1.82, 2.24) is 14.8 Å². The van der Waals surface area contributed by atoms with Crippen molar-refractivity contribution in [1.29, 1.82) is 0 Å². The van der Waals surface area contributed by atoms with E-state index >= 15 is 0 Å². The summed E-state index contributed by atoms with van der Waals surface area (Å²) in [6, 6.07) is 6.18. The van der Waals surface area contributed by atoms with Gasteiger partial charge in [-0.15, -0.1) is 0 Å². The maximum atomic E-state index is 13.6. The minimum absolute atomic E-state index is 0.0493. The van der Waals surface area contributed by atoms with Gasteiger partial charge in [0.2, 0.25) is 0 Å². The monoisotopic (exact) mass is 441 g/mol. The van der Waals surface area contributed by atoms with Crippen LogP contribution in [0.2, 0.25) is 0 Å². The number of fused-ring (bicyclic) bond motifs is 1. The number of aryl methyl sites for hydroxylation is 1. The Morgan fingerprint density at radius 1 is 1.22 bits per heavy atom. The van der Waals surface area contributed by atoms with Crippen molar-refractivity contribution in [2.75, 3.05) is 0 Å². The number of aliphatic hydroxyl groups is 2. The summed E-state index contributed by atoms with van der Waals surface area (Å²) in [6.45, 7) is 6.65. The van der Waals surface area contributed by atoms with Crippen LogP contribution >= 0.6 is 0 Å². The fraction of sp³-hybridized carbons (Fsp3) is 0.375. The molecule has 170 valence electrons. The highest BCUT2D eigenvalue weighted by Crippen LogP contribution is 2.36. The van der Waals surface area contributed by atoms with Gasteiger partial charge in [-0.05, 0) is 30.5 Å². The molecule has 3 N–H and O–H groups in total. The van der Waals surface area contributed by atoms with Gasteiger partial charge in [-0.1, -0.05) is 38.1 Å². The summed E-state index contributed by atoms with van der Waals surface area (Å²) in [4.78, 5) is 15.6. The van der Waals surface area contributed by atoms with Crippen molar-refractivity contribution in [2.24, 2.45) is 0 Å². The number of aliphatic carboxylic acids is 1. The Bertz CT molecular complexity index is 1120. The molecule has 0 aliphatic heterocycles. The number of nitrogens with zero attached hydrogens (tertiary/aromatic N) is 3. The molecule has 1 aromatic carbocycles. The molecule has 8 heteroatoms. The molecule has 2 aromatic heterocycles. The maximum Gasteiger partial charge on any atom is 0.305 e. The highest BCUT2D eigenvalue weighted by atomic mass is 19.1. The Hall–Kier alpha value is -3.10. The minimum atomic E-state index is -1.16. The first kappa shape index (κ1) is 23.6. The highest BCUT2D eigenvalue weighted by molar-refractivity contribution is 5.98. The normalized spacial score (nSPS) is 13.8. The van der Waals surface area contributed by atoms with Crippen LogP contribution in [0, 0.1) is 5.82 Å². The summed E-state index contributed by atoms with van der Waals surface area (Å²) in [5.41, 5.74) is 3.90. The van der Waals surface area contributed by atoms with Crippen LogP contribution in [0.3, 0.4) is 0 Å². The van der Waals surface area contributed by atoms with Crippen LogP contribution in [0.1, 0.15) is 50.8 Å². The van der Waals surface area contributed by atoms with Crippen molar-refractivity contribution in [2.45, 2.75) is 58.3 Å². The molecule has 0 spiro atoms. The Labute approximate surface area is 185 Å². The molecule has 7 nitrogen and oxygen atoms in total. The van der Waals surface area contributed by atoms with Gasteiger partial charge >= 0.3 is 5.97 Å². The van der Waals surface area contributed by atoms with Crippen LogP contribution in [0.4, 0.5) is 4.39 Å². The summed E-state index contributed by atoms with van der Waals surface area (Å²) in [5, 5.41) is 34.2. The first-order chi connectivity index (χ1) is 15.2. The number of hydrogen-bond acceptors (Lipinski definition) is 5. The molecule has 0 aliphatic carbocycles. The first-order valence-electron chi connectivity index (χ1n) is 10.6. The summed E-state index contributed by atoms with van der Waals surface area (Å²) in [5.74, 6) is -1.42. The SMILES string of the molecule is CCn1ncc2c(-c3ccc(F)cc3)c(/C=C/C(O)CC(O)CC(=O)O)c(C(C)C)nc21. The Kier molecular flexibility index (Phi) is 7.37. The largest absolute Gasteiger partial charge is 0.481 e. The van der Waals surface area contributed by atoms with Crippen molar-refractivity contribution < 1.29 is 24.5 Å². The fourth-order valence-electron chi connectivity index (χ4n) is 3.74. The van der Waals surface area contributed by atoms with Gasteiger partial charge in [0.25, 0.3) is 0 Å². The molecule has 3 aromatic rings. The van der Waals surface area contributed by atoms with E-state index in [1.165, 1.54) is 18.2 Å². The molecule has 0 aliphatic rings. The molecule has 0 bridgehead atoms. The topological polar surface area (TPSA) is 108 Å². The molecule has 0 amide bonds. The van der Waals surface area contributed by atoms with Gasteiger partial charge in [-0.25, -0.2) is 14.1 Å². The number of hydrogen-bond donors (Lipinski definition) is 3. The first-order valence-corrected chi connectivity index (χ1v) is 10.6. The molecule has 3 rings (SSSR count). The number of rotatable bonds is 9. The molecule has 32 heavy (non-hydrogen) atoms. The van der Waals surface area contributed by atoms with Gasteiger partial charge in [-0.2, -0.15) is 5.10 Å². The summed E-state index contributed by atoms with van der Waals surface area (Å²) >= 11 is 0. The van der Waals surface area contributed by atoms with Gasteiger partial charge in [0.05, 0.1) is 30.5 Å². The minimum Gasteiger partial charge on any atom is -0.481 e. The number of carbonyl (C=O) groups is 1. The third kappa shape index (κ3) is 5.20. The third-order valence-electron chi connectivity index (χ3n) is 5.24. The summed E-state index contributed by atoms with van der Waals surface area (Å²) < 4.78 is 15.4. The Balaban J connectivity index is 2.14. The molecular weight excluding hydrogens is 413 g/mol. The molecule has 2 heterocycles. The van der Waals surface area contributed by atoms with Crippen LogP contribution < -0.4 is 0 Å². The zero-order valence-electron chi connectivity index (χ0n) is 18.4. The van der Waals surface area contributed by atoms with E-state index in [9.17, 15) is 19.4 Å². The second-order valence-electron chi connectivity index (χ2n) is 8.06. The number of benzene rings is 1. The molecule has 2 unspecified atom stereocenters. The molecule has 0 saturated carbocycles. The zero-order valence-corrected chi connectivity index (χ0v) is 18.4. The van der Waals surface area contributed by atoms with Crippen LogP contribution in [-0.2, 0) is 11.3 Å². The van der Waals surface area contributed by atoms with Gasteiger partial charge in [0.15, 0.2) is 5.65 Å². The number of carboxylic acid groups (broad SMARTS) is 1. The average molecular weight is 442 g/mol. The van der Waals surface area contributed by atoms with Gasteiger partial charge in [0, 0.05) is 29.5 Å². The van der Waals surface area contributed by atoms with E-state index in [0.29, 0.717) is 6.54 Å². The average Bonchev–Trinajstić information content (AvgIpc) is 3.14. The van der Waals surface area contributed by atoms with Crippen LogP contribution in [-0.4, -0.2) is 48.3 Å². The predicted molar refractivity (Wildman–Crippen MR) is 121 cm³/mol. The number of pyridine rings is 1. The lowest BCUT2D eigenvalue weighted by molar-refractivity contribution is -0.139. The lowest BCUT2D eigenvalue weighted by atomic mass is 9.91. The van der Waals surface area contributed by atoms with Crippen molar-refractivity contribution >= 4 is 23.1 Å². The molecule has 0 fully saturated rings. The Morgan fingerprint density at radius 2 is 1.91 bits per heavy atom. The van der Waals surface area contributed by atoms with Crippen LogP contribution in [0.25, 0.3) is 28.2 Å². The second kappa shape index (κ2) is 10.0. The van der Waals surface area contributed by atoms with E-state index < -0.39 is 24.6 Å². The van der Waals surface area contributed by atoms with Crippen LogP contribution in [0.15, 0.2) is 36.5 Å². The predicted octanol–water partition coefficient (Wildman–Crippen LogP) is 3.98. The third-order valence-corrected chi connectivity index (χ3v) is 5.24. The smallest absolute Gasteiger partial charge is 0.305 e. The van der Waals surface area contributed by atoms with Crippen molar-refractivity contribution in [3.05, 3.63) is 53.6 Å². The number of halogens is 1. The lowest BCUT2D eigenvalue weighted by Crippen LogP contribution is -2.19. The standard InChI is InChI=1S/C24H28FN3O4/c1-4-28-24-20(13-26-28)22(15-5-7-16(25)8-6-15)19(23(27-24)14(2)3)10-9-17(29)11-18(30)12-21(31)32/h5-10,13-14,17-18,29-30H,4,11-12H2,1-3H3,(H,31,32)/b10-9+. The zero-order chi connectivity index (χ0) is 23.4. The Morgan fingerprint density at radius 3 is 2.50 bits per heavy atom. The summed E-state index contributed by atoms with van der Waals surface area (Å²) in [6.07, 6.45) is 2.26. The number of aromatic nitrogens is 3. The molecule has 2 atom stereocenters. The van der Waals surface area contributed by atoms with Crippen LogP contribution in [0.5, 0.6) is 0 Å². The van der Waals surface area contributed by atoms with E-state index in [1.807, 2.05) is 20.8 Å². The van der Waals surface area contributed by atoms with Crippen molar-refractivity contribution in [3.8, 4) is 11.1 Å². The van der Waals surface area contributed by atoms with E-state index in [-0.39, 0.29) is 18.2 Å². The maximum absolute atomic E-state index is 13.6. The van der Waals surface area contributed by atoms with Gasteiger partial charge in [0.1, 0.15) is 5.82 Å². The number of aliphatic hydroxyl groups excluding tert-OH is 2.